The number of aliphatic hydroxyl groups is 1. The van der Waals surface area contributed by atoms with Gasteiger partial charge in [-0.25, -0.2) is 4.98 Å². The zero-order valence-corrected chi connectivity index (χ0v) is 15.8. The van der Waals surface area contributed by atoms with Crippen LogP contribution in [0.3, 0.4) is 0 Å². The molecule has 0 aliphatic carbocycles. The van der Waals surface area contributed by atoms with Gasteiger partial charge in [0.2, 0.25) is 5.91 Å². The van der Waals surface area contributed by atoms with E-state index in [4.69, 9.17) is 4.74 Å². The van der Waals surface area contributed by atoms with E-state index in [1.165, 1.54) is 5.56 Å². The molecule has 2 saturated heterocycles. The van der Waals surface area contributed by atoms with Gasteiger partial charge < -0.3 is 20.1 Å². The molecule has 2 fully saturated rings. The monoisotopic (exact) mass is 372 g/mol. The third-order valence-corrected chi connectivity index (χ3v) is 5.63. The Morgan fingerprint density at radius 3 is 3.04 bits per heavy atom. The van der Waals surface area contributed by atoms with E-state index in [1.54, 1.807) is 0 Å². The first-order valence-electron chi connectivity index (χ1n) is 9.84. The van der Waals surface area contributed by atoms with Crippen LogP contribution >= 0.6 is 0 Å². The highest BCUT2D eigenvalue weighted by atomic mass is 16.5. The molecule has 3 N–H and O–H groups in total. The number of carbonyl (C=O) groups excluding carboxylic acids is 1. The molecule has 4 rings (SSSR count). The number of nitrogens with zero attached hydrogens (tertiary/aromatic N) is 2. The summed E-state index contributed by atoms with van der Waals surface area (Å²) < 4.78 is 5.43. The molecule has 0 unspecified atom stereocenters. The van der Waals surface area contributed by atoms with Gasteiger partial charge in [0.1, 0.15) is 5.82 Å². The number of likely N-dealkylation sites (tertiary alicyclic amines) is 1. The molecule has 0 bridgehead atoms. The summed E-state index contributed by atoms with van der Waals surface area (Å²) in [4.78, 5) is 22.8. The first-order valence-corrected chi connectivity index (χ1v) is 9.84. The number of aryl methyl sites for hydroxylation is 1. The van der Waals surface area contributed by atoms with Crippen molar-refractivity contribution in [2.75, 3.05) is 26.3 Å². The predicted molar refractivity (Wildman–Crippen MR) is 103 cm³/mol. The Balaban J connectivity index is 1.33. The number of β-amino-alcohol motifs (C(OH)–C–C–N with tert-alkyl or cyclic N) is 1. The van der Waals surface area contributed by atoms with Gasteiger partial charge in [0.05, 0.1) is 23.2 Å². The molecular weight excluding hydrogens is 344 g/mol. The number of carbonyl (C=O) groups is 1. The molecule has 2 aliphatic heterocycles. The molecule has 1 aromatic heterocycles. The van der Waals surface area contributed by atoms with Crippen molar-refractivity contribution < 1.29 is 14.6 Å². The van der Waals surface area contributed by atoms with Gasteiger partial charge in [0.25, 0.3) is 0 Å². The van der Waals surface area contributed by atoms with Crippen LogP contribution in [-0.4, -0.2) is 70.4 Å². The van der Waals surface area contributed by atoms with Gasteiger partial charge in [-0.05, 0) is 43.9 Å². The predicted octanol–water partition coefficient (Wildman–Crippen LogP) is 1.14. The van der Waals surface area contributed by atoms with Crippen LogP contribution < -0.4 is 5.32 Å². The number of imidazole rings is 1. The van der Waals surface area contributed by atoms with Crippen LogP contribution in [0.2, 0.25) is 0 Å². The van der Waals surface area contributed by atoms with Crippen LogP contribution in [0.5, 0.6) is 0 Å². The van der Waals surface area contributed by atoms with E-state index >= 15 is 0 Å². The van der Waals surface area contributed by atoms with Gasteiger partial charge in [0.15, 0.2) is 0 Å². The minimum absolute atomic E-state index is 0.00463. The van der Waals surface area contributed by atoms with Crippen molar-refractivity contribution in [3.8, 4) is 0 Å². The Morgan fingerprint density at radius 2 is 2.22 bits per heavy atom. The number of amides is 1. The molecule has 27 heavy (non-hydrogen) atoms. The maximum absolute atomic E-state index is 12.7. The average Bonchev–Trinajstić information content (AvgIpc) is 3.25. The summed E-state index contributed by atoms with van der Waals surface area (Å²) in [6, 6.07) is 6.21. The lowest BCUT2D eigenvalue weighted by Gasteiger charge is -2.34. The largest absolute Gasteiger partial charge is 0.392 e. The topological polar surface area (TPSA) is 90.5 Å². The van der Waals surface area contributed by atoms with Gasteiger partial charge >= 0.3 is 0 Å². The number of hydrogen-bond donors (Lipinski definition) is 3. The Morgan fingerprint density at radius 1 is 1.41 bits per heavy atom. The third kappa shape index (κ3) is 4.15. The van der Waals surface area contributed by atoms with E-state index in [1.807, 2.05) is 12.1 Å². The standard InChI is InChI=1S/C20H28N4O3/c1-13-2-3-16-17(10-13)23-19(22-16)4-7-21-20(26)18-11-15(25)12-24(18)14-5-8-27-9-6-14/h2-3,10,14-15,18,25H,4-9,11-12H2,1H3,(H,21,26)(H,22,23)/t15-,18+/m1/s1. The summed E-state index contributed by atoms with van der Waals surface area (Å²) in [7, 11) is 0. The van der Waals surface area contributed by atoms with Crippen LogP contribution in [0, 0.1) is 6.92 Å². The Hall–Kier alpha value is -1.96. The highest BCUT2D eigenvalue weighted by molar-refractivity contribution is 5.82. The van der Waals surface area contributed by atoms with Gasteiger partial charge in [0, 0.05) is 38.8 Å². The quantitative estimate of drug-likeness (QED) is 0.732. The van der Waals surface area contributed by atoms with Crippen molar-refractivity contribution >= 4 is 16.9 Å². The SMILES string of the molecule is Cc1ccc2nc(CCNC(=O)[C@@H]3C[C@@H](O)CN3C3CCOCC3)[nH]c2c1. The van der Waals surface area contributed by atoms with Crippen molar-refractivity contribution in [2.45, 2.75) is 50.8 Å². The molecule has 0 spiro atoms. The first-order chi connectivity index (χ1) is 13.1. The number of hydrogen-bond acceptors (Lipinski definition) is 5. The average molecular weight is 372 g/mol. The fourth-order valence-electron chi connectivity index (χ4n) is 4.23. The normalized spacial score (nSPS) is 24.5. The number of aliphatic hydroxyl groups excluding tert-OH is 1. The molecule has 3 heterocycles. The second-order valence-electron chi connectivity index (χ2n) is 7.69. The fraction of sp³-hybridized carbons (Fsp3) is 0.600. The van der Waals surface area contributed by atoms with E-state index in [2.05, 4.69) is 33.2 Å². The van der Waals surface area contributed by atoms with Crippen LogP contribution in [0.4, 0.5) is 0 Å². The van der Waals surface area contributed by atoms with Crippen molar-refractivity contribution in [3.63, 3.8) is 0 Å². The van der Waals surface area contributed by atoms with Crippen molar-refractivity contribution in [2.24, 2.45) is 0 Å². The third-order valence-electron chi connectivity index (χ3n) is 5.63. The van der Waals surface area contributed by atoms with Gasteiger partial charge in [-0.3, -0.25) is 9.69 Å². The molecule has 1 amide bonds. The number of nitrogens with one attached hydrogen (secondary N) is 2. The van der Waals surface area contributed by atoms with Crippen molar-refractivity contribution in [3.05, 3.63) is 29.6 Å². The lowest BCUT2D eigenvalue weighted by atomic mass is 10.1. The maximum Gasteiger partial charge on any atom is 0.237 e. The summed E-state index contributed by atoms with van der Waals surface area (Å²) in [6.45, 7) is 4.63. The molecule has 7 heteroatoms. The molecule has 0 radical (unpaired) electrons. The molecule has 2 atom stereocenters. The van der Waals surface area contributed by atoms with Crippen LogP contribution in [0.15, 0.2) is 18.2 Å². The maximum atomic E-state index is 12.7. The number of benzene rings is 1. The van der Waals surface area contributed by atoms with Crippen molar-refractivity contribution in [1.29, 1.82) is 0 Å². The highest BCUT2D eigenvalue weighted by Gasteiger charge is 2.39. The van der Waals surface area contributed by atoms with Crippen molar-refractivity contribution in [1.82, 2.24) is 20.2 Å². The number of ether oxygens (including phenoxy) is 1. The van der Waals surface area contributed by atoms with Crippen LogP contribution in [0.1, 0.15) is 30.7 Å². The smallest absolute Gasteiger partial charge is 0.237 e. The molecule has 2 aliphatic rings. The lowest BCUT2D eigenvalue weighted by Crippen LogP contribution is -2.49. The van der Waals surface area contributed by atoms with E-state index in [0.29, 0.717) is 32.0 Å². The van der Waals surface area contributed by atoms with Crippen LogP contribution in [-0.2, 0) is 16.0 Å². The van der Waals surface area contributed by atoms with E-state index in [-0.39, 0.29) is 11.9 Å². The Bertz CT molecular complexity index is 800. The highest BCUT2D eigenvalue weighted by Crippen LogP contribution is 2.25. The summed E-state index contributed by atoms with van der Waals surface area (Å²) in [5, 5.41) is 13.1. The lowest BCUT2D eigenvalue weighted by molar-refractivity contribution is -0.126. The minimum atomic E-state index is -0.429. The van der Waals surface area contributed by atoms with Crippen LogP contribution in [0.25, 0.3) is 11.0 Å². The van der Waals surface area contributed by atoms with Gasteiger partial charge in [-0.2, -0.15) is 0 Å². The molecule has 7 nitrogen and oxygen atoms in total. The van der Waals surface area contributed by atoms with E-state index in [9.17, 15) is 9.90 Å². The Kier molecular flexibility index (Phi) is 5.43. The number of aromatic nitrogens is 2. The Labute approximate surface area is 159 Å². The minimum Gasteiger partial charge on any atom is -0.392 e. The number of fused-ring (bicyclic) bond motifs is 1. The first kappa shape index (κ1) is 18.4. The second-order valence-corrected chi connectivity index (χ2v) is 7.69. The second kappa shape index (κ2) is 7.96. The fourth-order valence-corrected chi connectivity index (χ4v) is 4.23. The van der Waals surface area contributed by atoms with E-state index < -0.39 is 6.10 Å². The molecule has 0 saturated carbocycles. The number of aromatic amines is 1. The molecular formula is C20H28N4O3. The molecule has 1 aromatic carbocycles. The van der Waals surface area contributed by atoms with Gasteiger partial charge in [-0.15, -0.1) is 0 Å². The zero-order chi connectivity index (χ0) is 18.8. The summed E-state index contributed by atoms with van der Waals surface area (Å²) in [5.74, 6) is 0.883. The van der Waals surface area contributed by atoms with Gasteiger partial charge in [-0.1, -0.05) is 6.07 Å². The summed E-state index contributed by atoms with van der Waals surface area (Å²) in [6.07, 6.45) is 2.59. The zero-order valence-electron chi connectivity index (χ0n) is 15.8. The van der Waals surface area contributed by atoms with E-state index in [0.717, 1.165) is 42.9 Å². The number of H-pyrrole nitrogens is 1. The number of rotatable bonds is 5. The molecule has 146 valence electrons. The molecule has 2 aromatic rings. The summed E-state index contributed by atoms with van der Waals surface area (Å²) in [5.41, 5.74) is 3.17. The summed E-state index contributed by atoms with van der Waals surface area (Å²) >= 11 is 0.